The SMILES string of the molecule is CCS(=O)(=O)c1ccccc1N1CCN(S(=O)(=O)c2c(F)cccc2F)CC1. The van der Waals surface area contributed by atoms with Crippen LogP contribution >= 0.6 is 0 Å². The average Bonchev–Trinajstić information content (AvgIpc) is 2.68. The van der Waals surface area contributed by atoms with Crippen LogP contribution in [0.1, 0.15) is 6.92 Å². The monoisotopic (exact) mass is 430 g/mol. The predicted molar refractivity (Wildman–Crippen MR) is 101 cm³/mol. The number of sulfonamides is 1. The highest BCUT2D eigenvalue weighted by Crippen LogP contribution is 2.29. The number of piperazine rings is 1. The fourth-order valence-corrected chi connectivity index (χ4v) is 5.81. The van der Waals surface area contributed by atoms with Crippen LogP contribution < -0.4 is 4.90 Å². The largest absolute Gasteiger partial charge is 0.368 e. The lowest BCUT2D eigenvalue weighted by Gasteiger charge is -2.36. The number of para-hydroxylation sites is 1. The Morgan fingerprint density at radius 3 is 2.00 bits per heavy atom. The van der Waals surface area contributed by atoms with Crippen LogP contribution in [-0.4, -0.2) is 53.1 Å². The smallest absolute Gasteiger partial charge is 0.249 e. The van der Waals surface area contributed by atoms with E-state index >= 15 is 0 Å². The summed E-state index contributed by atoms with van der Waals surface area (Å²) in [6, 6.07) is 9.44. The first kappa shape index (κ1) is 20.7. The van der Waals surface area contributed by atoms with Crippen molar-refractivity contribution in [3.8, 4) is 0 Å². The van der Waals surface area contributed by atoms with Gasteiger partial charge in [0.1, 0.15) is 11.6 Å². The maximum Gasteiger partial charge on any atom is 0.249 e. The van der Waals surface area contributed by atoms with Gasteiger partial charge in [0.2, 0.25) is 10.0 Å². The molecule has 6 nitrogen and oxygen atoms in total. The van der Waals surface area contributed by atoms with E-state index < -0.39 is 36.4 Å². The van der Waals surface area contributed by atoms with E-state index in [9.17, 15) is 25.6 Å². The highest BCUT2D eigenvalue weighted by molar-refractivity contribution is 7.91. The lowest BCUT2D eigenvalue weighted by atomic mass is 10.2. The van der Waals surface area contributed by atoms with Crippen LogP contribution in [0.3, 0.4) is 0 Å². The van der Waals surface area contributed by atoms with Crippen molar-refractivity contribution in [3.63, 3.8) is 0 Å². The van der Waals surface area contributed by atoms with E-state index in [1.54, 1.807) is 30.0 Å². The minimum atomic E-state index is -4.33. The minimum Gasteiger partial charge on any atom is -0.368 e. The van der Waals surface area contributed by atoms with Crippen LogP contribution in [0, 0.1) is 11.6 Å². The molecule has 1 heterocycles. The summed E-state index contributed by atoms with van der Waals surface area (Å²) in [5, 5.41) is 0. The quantitative estimate of drug-likeness (QED) is 0.728. The summed E-state index contributed by atoms with van der Waals surface area (Å²) in [6.07, 6.45) is 0. The van der Waals surface area contributed by atoms with Crippen molar-refractivity contribution in [2.24, 2.45) is 0 Å². The summed E-state index contributed by atoms with van der Waals surface area (Å²) in [5.41, 5.74) is 0.499. The second-order valence-electron chi connectivity index (χ2n) is 6.31. The Morgan fingerprint density at radius 1 is 0.857 bits per heavy atom. The van der Waals surface area contributed by atoms with Crippen LogP contribution in [0.15, 0.2) is 52.3 Å². The Kier molecular flexibility index (Phi) is 5.74. The van der Waals surface area contributed by atoms with E-state index in [-0.39, 0.29) is 36.8 Å². The summed E-state index contributed by atoms with van der Waals surface area (Å²) in [5.74, 6) is -2.33. The molecule has 0 saturated carbocycles. The molecule has 0 spiro atoms. The molecule has 0 N–H and O–H groups in total. The molecule has 1 fully saturated rings. The molecular weight excluding hydrogens is 410 g/mol. The molecule has 1 aliphatic rings. The molecule has 28 heavy (non-hydrogen) atoms. The van der Waals surface area contributed by atoms with Crippen molar-refractivity contribution in [2.75, 3.05) is 36.8 Å². The molecule has 0 aliphatic carbocycles. The number of hydrogen-bond acceptors (Lipinski definition) is 5. The van der Waals surface area contributed by atoms with Gasteiger partial charge in [0, 0.05) is 26.2 Å². The standard InChI is InChI=1S/C18H20F2N2O4S2/c1-2-27(23,24)17-9-4-3-8-16(17)21-10-12-22(13-11-21)28(25,26)18-14(19)6-5-7-15(18)20/h3-9H,2,10-13H2,1H3. The lowest BCUT2D eigenvalue weighted by molar-refractivity contribution is 0.378. The van der Waals surface area contributed by atoms with E-state index in [1.807, 2.05) is 0 Å². The molecule has 3 rings (SSSR count). The van der Waals surface area contributed by atoms with E-state index in [2.05, 4.69) is 0 Å². The number of anilines is 1. The molecule has 10 heteroatoms. The molecule has 0 bridgehead atoms. The van der Waals surface area contributed by atoms with Crippen LogP contribution in [0.25, 0.3) is 0 Å². The molecule has 0 aromatic heterocycles. The second kappa shape index (κ2) is 7.76. The molecule has 0 atom stereocenters. The number of halogens is 2. The zero-order valence-electron chi connectivity index (χ0n) is 15.2. The van der Waals surface area contributed by atoms with Crippen molar-refractivity contribution in [1.82, 2.24) is 4.31 Å². The zero-order valence-corrected chi connectivity index (χ0v) is 16.8. The normalized spacial score (nSPS) is 16.3. The fraction of sp³-hybridized carbons (Fsp3) is 0.333. The highest BCUT2D eigenvalue weighted by Gasteiger charge is 2.34. The Morgan fingerprint density at radius 2 is 1.43 bits per heavy atom. The zero-order chi connectivity index (χ0) is 20.5. The molecule has 2 aromatic rings. The van der Waals surface area contributed by atoms with Gasteiger partial charge in [0.15, 0.2) is 14.7 Å². The molecular formula is C18H20F2N2O4S2. The third-order valence-corrected chi connectivity index (χ3v) is 8.40. The van der Waals surface area contributed by atoms with Gasteiger partial charge in [-0.05, 0) is 24.3 Å². The van der Waals surface area contributed by atoms with Crippen molar-refractivity contribution >= 4 is 25.5 Å². The van der Waals surface area contributed by atoms with Crippen LogP contribution in [-0.2, 0) is 19.9 Å². The first-order valence-corrected chi connectivity index (χ1v) is 11.8. The maximum absolute atomic E-state index is 13.9. The van der Waals surface area contributed by atoms with E-state index in [4.69, 9.17) is 0 Å². The Labute approximate surface area is 163 Å². The van der Waals surface area contributed by atoms with E-state index in [0.717, 1.165) is 22.5 Å². The third-order valence-electron chi connectivity index (χ3n) is 4.68. The summed E-state index contributed by atoms with van der Waals surface area (Å²) in [4.78, 5) is 0.998. The summed E-state index contributed by atoms with van der Waals surface area (Å²) in [6.45, 7) is 1.92. The predicted octanol–water partition coefficient (Wildman–Crippen LogP) is 2.27. The third kappa shape index (κ3) is 3.76. The van der Waals surface area contributed by atoms with Gasteiger partial charge in [-0.3, -0.25) is 0 Å². The van der Waals surface area contributed by atoms with Crippen molar-refractivity contribution in [1.29, 1.82) is 0 Å². The van der Waals surface area contributed by atoms with Crippen molar-refractivity contribution in [3.05, 3.63) is 54.1 Å². The average molecular weight is 430 g/mol. The molecule has 2 aromatic carbocycles. The topological polar surface area (TPSA) is 74.8 Å². The van der Waals surface area contributed by atoms with Gasteiger partial charge in [0.25, 0.3) is 0 Å². The van der Waals surface area contributed by atoms with Gasteiger partial charge >= 0.3 is 0 Å². The molecule has 1 aliphatic heterocycles. The lowest BCUT2D eigenvalue weighted by Crippen LogP contribution is -2.49. The summed E-state index contributed by atoms with van der Waals surface area (Å²) >= 11 is 0. The van der Waals surface area contributed by atoms with Gasteiger partial charge in [-0.25, -0.2) is 25.6 Å². The van der Waals surface area contributed by atoms with E-state index in [1.165, 1.54) is 6.07 Å². The number of benzene rings is 2. The first-order valence-electron chi connectivity index (χ1n) is 8.69. The van der Waals surface area contributed by atoms with Gasteiger partial charge in [-0.15, -0.1) is 0 Å². The summed E-state index contributed by atoms with van der Waals surface area (Å²) < 4.78 is 78.9. The Hall–Kier alpha value is -2.04. The number of rotatable bonds is 5. The van der Waals surface area contributed by atoms with Crippen molar-refractivity contribution < 1.29 is 25.6 Å². The minimum absolute atomic E-state index is 0.0172. The van der Waals surface area contributed by atoms with E-state index in [0.29, 0.717) is 5.69 Å². The summed E-state index contributed by atoms with van der Waals surface area (Å²) in [7, 11) is -7.78. The second-order valence-corrected chi connectivity index (χ2v) is 10.4. The van der Waals surface area contributed by atoms with Gasteiger partial charge in [-0.1, -0.05) is 25.1 Å². The number of sulfone groups is 1. The molecule has 0 amide bonds. The van der Waals surface area contributed by atoms with Crippen LogP contribution in [0.2, 0.25) is 0 Å². The molecule has 152 valence electrons. The highest BCUT2D eigenvalue weighted by atomic mass is 32.2. The molecule has 0 radical (unpaired) electrons. The Bertz CT molecular complexity index is 1060. The van der Waals surface area contributed by atoms with Crippen LogP contribution in [0.5, 0.6) is 0 Å². The Balaban J connectivity index is 1.85. The first-order chi connectivity index (χ1) is 13.2. The number of hydrogen-bond donors (Lipinski definition) is 0. The fourth-order valence-electron chi connectivity index (χ4n) is 3.16. The van der Waals surface area contributed by atoms with Crippen molar-refractivity contribution in [2.45, 2.75) is 16.7 Å². The maximum atomic E-state index is 13.9. The molecule has 0 unspecified atom stereocenters. The van der Waals surface area contributed by atoms with Gasteiger partial charge in [0.05, 0.1) is 16.3 Å². The van der Waals surface area contributed by atoms with Gasteiger partial charge in [-0.2, -0.15) is 4.31 Å². The number of nitrogens with zero attached hydrogens (tertiary/aromatic N) is 2. The van der Waals surface area contributed by atoms with Crippen LogP contribution in [0.4, 0.5) is 14.5 Å². The molecule has 1 saturated heterocycles. The van der Waals surface area contributed by atoms with Gasteiger partial charge < -0.3 is 4.90 Å².